The van der Waals surface area contributed by atoms with Crippen molar-refractivity contribution in [3.63, 3.8) is 0 Å². The minimum atomic E-state index is -0.968. The molecular formula is C28H27ClFN5O5. The van der Waals surface area contributed by atoms with Crippen molar-refractivity contribution in [3.8, 4) is 11.6 Å². The van der Waals surface area contributed by atoms with E-state index in [0.29, 0.717) is 31.3 Å². The van der Waals surface area contributed by atoms with Gasteiger partial charge in [0, 0.05) is 36.5 Å². The summed E-state index contributed by atoms with van der Waals surface area (Å²) in [6.07, 6.45) is 2.55. The molecule has 0 saturated carbocycles. The monoisotopic (exact) mass is 567 g/mol. The highest BCUT2D eigenvalue weighted by Gasteiger charge is 2.38. The van der Waals surface area contributed by atoms with Crippen LogP contribution in [0.4, 0.5) is 4.39 Å². The Hall–Kier alpha value is -3.80. The van der Waals surface area contributed by atoms with Gasteiger partial charge in [0.15, 0.2) is 17.4 Å². The Kier molecular flexibility index (Phi) is 7.26. The summed E-state index contributed by atoms with van der Waals surface area (Å²) in [7, 11) is 0. The Morgan fingerprint density at radius 1 is 1.23 bits per heavy atom. The van der Waals surface area contributed by atoms with Crippen molar-refractivity contribution in [2.45, 2.75) is 51.3 Å². The number of ether oxygens (including phenoxy) is 3. The molecule has 6 rings (SSSR count). The van der Waals surface area contributed by atoms with Crippen molar-refractivity contribution in [1.29, 1.82) is 0 Å². The minimum Gasteiger partial charge on any atom is -0.483 e. The molecule has 0 bridgehead atoms. The zero-order valence-corrected chi connectivity index (χ0v) is 22.4. The van der Waals surface area contributed by atoms with Crippen LogP contribution in [-0.4, -0.2) is 66.9 Å². The van der Waals surface area contributed by atoms with Gasteiger partial charge in [0.1, 0.15) is 18.5 Å². The van der Waals surface area contributed by atoms with E-state index in [2.05, 4.69) is 26.4 Å². The van der Waals surface area contributed by atoms with Gasteiger partial charge in [0.05, 0.1) is 35.8 Å². The highest BCUT2D eigenvalue weighted by atomic mass is 35.5. The molecule has 1 N–H and O–H groups in total. The van der Waals surface area contributed by atoms with E-state index in [1.807, 2.05) is 0 Å². The second kappa shape index (κ2) is 11.0. The van der Waals surface area contributed by atoms with Gasteiger partial charge >= 0.3 is 5.97 Å². The highest BCUT2D eigenvalue weighted by Crippen LogP contribution is 2.28. The van der Waals surface area contributed by atoms with Crippen LogP contribution in [0, 0.1) is 5.82 Å². The minimum absolute atomic E-state index is 0.0212. The molecule has 12 heteroatoms. The van der Waals surface area contributed by atoms with E-state index < -0.39 is 11.8 Å². The zero-order chi connectivity index (χ0) is 27.8. The smallest absolute Gasteiger partial charge is 0.335 e. The lowest BCUT2D eigenvalue weighted by atomic mass is 10.0. The van der Waals surface area contributed by atoms with Crippen LogP contribution in [0.1, 0.15) is 35.4 Å². The lowest BCUT2D eigenvalue weighted by Gasteiger charge is -2.45. The average molecular weight is 568 g/mol. The summed E-state index contributed by atoms with van der Waals surface area (Å²) >= 11 is 5.79. The van der Waals surface area contributed by atoms with Gasteiger partial charge in [-0.3, -0.25) is 4.90 Å². The van der Waals surface area contributed by atoms with E-state index in [4.69, 9.17) is 30.8 Å². The summed E-state index contributed by atoms with van der Waals surface area (Å²) in [5, 5.41) is 9.76. The Labute approximate surface area is 234 Å². The molecule has 2 saturated heterocycles. The number of nitrogens with zero attached hydrogens (tertiary/aromatic N) is 5. The number of halogens is 2. The maximum atomic E-state index is 14.0. The van der Waals surface area contributed by atoms with Crippen molar-refractivity contribution in [2.75, 3.05) is 13.2 Å². The SMILES string of the molecule is C[C@H]1[C@@H](Oc2ccnc(COc3ccc(Cl)cc3F)n2)CN1Cc1nc2ccc(C(=O)O)cc2n1C[C@@H]1CCO1. The molecular weight excluding hydrogens is 541 g/mol. The van der Waals surface area contributed by atoms with E-state index in [-0.39, 0.29) is 41.2 Å². The first-order chi connectivity index (χ1) is 19.3. The summed E-state index contributed by atoms with van der Waals surface area (Å²) in [5.41, 5.74) is 1.78. The number of imidazole rings is 1. The second-order valence-corrected chi connectivity index (χ2v) is 10.4. The predicted octanol–water partition coefficient (Wildman–Crippen LogP) is 4.34. The third-order valence-corrected chi connectivity index (χ3v) is 7.56. The van der Waals surface area contributed by atoms with Gasteiger partial charge in [-0.2, -0.15) is 4.98 Å². The van der Waals surface area contributed by atoms with Crippen LogP contribution in [0.2, 0.25) is 5.02 Å². The molecule has 0 unspecified atom stereocenters. The third kappa shape index (κ3) is 5.45. The normalized spacial score (nSPS) is 20.6. The molecule has 0 aliphatic carbocycles. The largest absolute Gasteiger partial charge is 0.483 e. The van der Waals surface area contributed by atoms with Crippen LogP contribution >= 0.6 is 11.6 Å². The number of aromatic carboxylic acids is 1. The standard InChI is InChI=1S/C28H27ClFN5O5/c1-16-24(40-27-6-8-31-25(33-27)15-39-23-5-3-18(29)11-20(23)30)13-34(16)14-26-32-21-4-2-17(28(36)37)10-22(21)35(26)12-19-7-9-38-19/h2-6,8,10-11,16,19,24H,7,9,12-15H2,1H3,(H,36,37)/t16-,19-,24-/m0/s1. The number of rotatable bonds is 10. The number of benzene rings is 2. The van der Waals surface area contributed by atoms with Gasteiger partial charge in [0.2, 0.25) is 5.88 Å². The third-order valence-electron chi connectivity index (χ3n) is 7.33. The molecule has 2 aliphatic heterocycles. The summed E-state index contributed by atoms with van der Waals surface area (Å²) in [6, 6.07) is 11.0. The highest BCUT2D eigenvalue weighted by molar-refractivity contribution is 6.30. The fourth-order valence-corrected chi connectivity index (χ4v) is 5.00. The Morgan fingerprint density at radius 2 is 2.08 bits per heavy atom. The topological polar surface area (TPSA) is 112 Å². The van der Waals surface area contributed by atoms with E-state index in [1.165, 1.54) is 12.1 Å². The molecule has 2 aromatic heterocycles. The lowest BCUT2D eigenvalue weighted by Crippen LogP contribution is -2.60. The summed E-state index contributed by atoms with van der Waals surface area (Å²) in [5.74, 6) is 0.176. The first kappa shape index (κ1) is 26.4. The second-order valence-electron chi connectivity index (χ2n) is 9.93. The fraction of sp³-hybridized carbons (Fsp3) is 0.357. The van der Waals surface area contributed by atoms with Crippen molar-refractivity contribution in [1.82, 2.24) is 24.4 Å². The van der Waals surface area contributed by atoms with Gasteiger partial charge in [0.25, 0.3) is 0 Å². The number of likely N-dealkylation sites (tertiary alicyclic amines) is 1. The van der Waals surface area contributed by atoms with Crippen molar-refractivity contribution >= 4 is 28.6 Å². The molecule has 0 radical (unpaired) electrons. The van der Waals surface area contributed by atoms with Crippen LogP contribution in [0.25, 0.3) is 11.0 Å². The molecule has 3 atom stereocenters. The fourth-order valence-electron chi connectivity index (χ4n) is 4.84. The average Bonchev–Trinajstić information content (AvgIpc) is 3.25. The van der Waals surface area contributed by atoms with Crippen LogP contribution < -0.4 is 9.47 Å². The van der Waals surface area contributed by atoms with Crippen LogP contribution in [-0.2, 0) is 24.4 Å². The molecule has 0 amide bonds. The predicted molar refractivity (Wildman–Crippen MR) is 143 cm³/mol. The van der Waals surface area contributed by atoms with Crippen LogP contribution in [0.3, 0.4) is 0 Å². The van der Waals surface area contributed by atoms with Gasteiger partial charge in [-0.05, 0) is 49.7 Å². The summed E-state index contributed by atoms with van der Waals surface area (Å²) in [4.78, 5) is 27.2. The lowest BCUT2D eigenvalue weighted by molar-refractivity contribution is -0.0616. The quantitative estimate of drug-likeness (QED) is 0.299. The van der Waals surface area contributed by atoms with E-state index >= 15 is 0 Å². The number of carboxylic acid groups (broad SMARTS) is 1. The maximum Gasteiger partial charge on any atom is 0.335 e. The number of carbonyl (C=O) groups is 1. The first-order valence-corrected chi connectivity index (χ1v) is 13.4. The molecule has 0 spiro atoms. The van der Waals surface area contributed by atoms with E-state index in [1.54, 1.807) is 36.5 Å². The molecule has 4 aromatic rings. The summed E-state index contributed by atoms with van der Waals surface area (Å²) < 4.78 is 33.4. The van der Waals surface area contributed by atoms with Crippen LogP contribution in [0.5, 0.6) is 11.6 Å². The number of fused-ring (bicyclic) bond motifs is 1. The van der Waals surface area contributed by atoms with Gasteiger partial charge < -0.3 is 23.9 Å². The van der Waals surface area contributed by atoms with Crippen molar-refractivity contribution in [2.24, 2.45) is 0 Å². The van der Waals surface area contributed by atoms with E-state index in [9.17, 15) is 14.3 Å². The number of carboxylic acids is 1. The van der Waals surface area contributed by atoms with Gasteiger partial charge in [-0.1, -0.05) is 11.6 Å². The van der Waals surface area contributed by atoms with Crippen molar-refractivity contribution in [3.05, 3.63) is 76.7 Å². The summed E-state index contributed by atoms with van der Waals surface area (Å²) in [6.45, 7) is 4.67. The maximum absolute atomic E-state index is 14.0. The van der Waals surface area contributed by atoms with E-state index in [0.717, 1.165) is 29.9 Å². The number of hydrogen-bond acceptors (Lipinski definition) is 8. The number of aromatic nitrogens is 4. The number of hydrogen-bond donors (Lipinski definition) is 1. The Bertz CT molecular complexity index is 1560. The van der Waals surface area contributed by atoms with Gasteiger partial charge in [-0.25, -0.2) is 19.2 Å². The molecule has 208 valence electrons. The molecule has 2 aromatic carbocycles. The molecule has 10 nitrogen and oxygen atoms in total. The molecule has 2 aliphatic rings. The zero-order valence-electron chi connectivity index (χ0n) is 21.7. The Morgan fingerprint density at radius 3 is 2.80 bits per heavy atom. The van der Waals surface area contributed by atoms with Gasteiger partial charge in [-0.15, -0.1) is 0 Å². The molecule has 2 fully saturated rings. The first-order valence-electron chi connectivity index (χ1n) is 13.0. The Balaban J connectivity index is 1.10. The van der Waals surface area contributed by atoms with Crippen LogP contribution in [0.15, 0.2) is 48.7 Å². The molecule has 4 heterocycles. The van der Waals surface area contributed by atoms with Crippen molar-refractivity contribution < 1.29 is 28.5 Å². The molecule has 40 heavy (non-hydrogen) atoms.